The van der Waals surface area contributed by atoms with Gasteiger partial charge in [0.25, 0.3) is 0 Å². The van der Waals surface area contributed by atoms with E-state index in [0.29, 0.717) is 6.04 Å². The van der Waals surface area contributed by atoms with E-state index in [2.05, 4.69) is 36.1 Å². The van der Waals surface area contributed by atoms with Crippen LogP contribution in [0.25, 0.3) is 10.6 Å². The number of thiazole rings is 1. The maximum atomic E-state index is 4.60. The first kappa shape index (κ1) is 12.2. The minimum atomic E-state index is 0.498. The molecule has 0 amide bonds. The van der Waals surface area contributed by atoms with Gasteiger partial charge in [-0.25, -0.2) is 4.98 Å². The van der Waals surface area contributed by atoms with Gasteiger partial charge in [0, 0.05) is 35.4 Å². The number of aryl methyl sites for hydroxylation is 1. The molecule has 0 saturated carbocycles. The second-order valence-electron chi connectivity index (χ2n) is 4.30. The van der Waals surface area contributed by atoms with E-state index < -0.39 is 0 Å². The van der Waals surface area contributed by atoms with E-state index in [-0.39, 0.29) is 0 Å². The van der Waals surface area contributed by atoms with Gasteiger partial charge in [0.1, 0.15) is 5.01 Å². The predicted molar refractivity (Wildman–Crippen MR) is 72.1 cm³/mol. The Labute approximate surface area is 106 Å². The molecule has 0 aliphatic carbocycles. The van der Waals surface area contributed by atoms with Crippen molar-refractivity contribution in [2.75, 3.05) is 0 Å². The lowest BCUT2D eigenvalue weighted by Gasteiger charge is -2.05. The van der Waals surface area contributed by atoms with E-state index in [4.69, 9.17) is 0 Å². The van der Waals surface area contributed by atoms with Crippen molar-refractivity contribution in [1.82, 2.24) is 15.3 Å². The average molecular weight is 247 g/mol. The molecule has 0 aliphatic rings. The Morgan fingerprint density at radius 3 is 2.88 bits per heavy atom. The van der Waals surface area contributed by atoms with Crippen LogP contribution in [0.3, 0.4) is 0 Å². The Hall–Kier alpha value is -1.26. The third-order valence-electron chi connectivity index (χ3n) is 2.47. The zero-order valence-electron chi connectivity index (χ0n) is 10.4. The summed E-state index contributed by atoms with van der Waals surface area (Å²) in [7, 11) is 0. The minimum Gasteiger partial charge on any atom is -0.310 e. The fraction of sp³-hybridized carbons (Fsp3) is 0.385. The first-order valence-electron chi connectivity index (χ1n) is 5.77. The van der Waals surface area contributed by atoms with Crippen molar-refractivity contribution in [3.05, 3.63) is 35.1 Å². The standard InChI is InChI=1S/C13H17N3S/c1-9(2)15-8-12-10(3)16-13(17-12)11-5-4-6-14-7-11/h4-7,9,15H,8H2,1-3H3. The monoisotopic (exact) mass is 247 g/mol. The third-order valence-corrected chi connectivity index (χ3v) is 3.68. The Kier molecular flexibility index (Phi) is 3.86. The molecule has 2 aromatic heterocycles. The molecule has 2 rings (SSSR count). The quantitative estimate of drug-likeness (QED) is 0.902. The summed E-state index contributed by atoms with van der Waals surface area (Å²) < 4.78 is 0. The summed E-state index contributed by atoms with van der Waals surface area (Å²) in [6.45, 7) is 7.26. The summed E-state index contributed by atoms with van der Waals surface area (Å²) in [4.78, 5) is 10.0. The van der Waals surface area contributed by atoms with Gasteiger partial charge in [-0.2, -0.15) is 0 Å². The van der Waals surface area contributed by atoms with Gasteiger partial charge in [-0.15, -0.1) is 11.3 Å². The number of aromatic nitrogens is 2. The smallest absolute Gasteiger partial charge is 0.125 e. The van der Waals surface area contributed by atoms with Gasteiger partial charge in [-0.05, 0) is 19.1 Å². The first-order valence-corrected chi connectivity index (χ1v) is 6.58. The summed E-state index contributed by atoms with van der Waals surface area (Å²) >= 11 is 1.74. The molecule has 0 atom stereocenters. The fourth-order valence-electron chi connectivity index (χ4n) is 1.50. The highest BCUT2D eigenvalue weighted by Crippen LogP contribution is 2.27. The number of hydrogen-bond donors (Lipinski definition) is 1. The van der Waals surface area contributed by atoms with Crippen molar-refractivity contribution in [3.63, 3.8) is 0 Å². The zero-order chi connectivity index (χ0) is 12.3. The van der Waals surface area contributed by atoms with Crippen LogP contribution >= 0.6 is 11.3 Å². The van der Waals surface area contributed by atoms with Crippen LogP contribution in [0.2, 0.25) is 0 Å². The Morgan fingerprint density at radius 1 is 1.41 bits per heavy atom. The van der Waals surface area contributed by atoms with Crippen molar-refractivity contribution in [1.29, 1.82) is 0 Å². The van der Waals surface area contributed by atoms with Gasteiger partial charge in [0.05, 0.1) is 5.69 Å². The van der Waals surface area contributed by atoms with Gasteiger partial charge in [0.15, 0.2) is 0 Å². The Bertz CT molecular complexity index is 477. The second-order valence-corrected chi connectivity index (χ2v) is 5.39. The molecule has 1 N–H and O–H groups in total. The topological polar surface area (TPSA) is 37.8 Å². The SMILES string of the molecule is Cc1nc(-c2cccnc2)sc1CNC(C)C. The van der Waals surface area contributed by atoms with E-state index in [9.17, 15) is 0 Å². The van der Waals surface area contributed by atoms with Crippen molar-refractivity contribution < 1.29 is 0 Å². The number of nitrogens with zero attached hydrogens (tertiary/aromatic N) is 2. The van der Waals surface area contributed by atoms with E-state index in [1.165, 1.54) is 4.88 Å². The Morgan fingerprint density at radius 2 is 2.24 bits per heavy atom. The molecule has 0 aliphatic heterocycles. The highest BCUT2D eigenvalue weighted by molar-refractivity contribution is 7.15. The van der Waals surface area contributed by atoms with Crippen molar-refractivity contribution in [3.8, 4) is 10.6 Å². The van der Waals surface area contributed by atoms with Crippen LogP contribution in [-0.2, 0) is 6.54 Å². The molecule has 4 heteroatoms. The highest BCUT2D eigenvalue weighted by Gasteiger charge is 2.09. The molecular formula is C13H17N3S. The van der Waals surface area contributed by atoms with E-state index in [1.54, 1.807) is 17.5 Å². The summed E-state index contributed by atoms with van der Waals surface area (Å²) in [6.07, 6.45) is 3.64. The lowest BCUT2D eigenvalue weighted by molar-refractivity contribution is 0.591. The van der Waals surface area contributed by atoms with Crippen LogP contribution < -0.4 is 5.32 Å². The summed E-state index contributed by atoms with van der Waals surface area (Å²) in [5, 5.41) is 4.47. The first-order chi connectivity index (χ1) is 8.16. The van der Waals surface area contributed by atoms with Gasteiger partial charge in [-0.3, -0.25) is 4.98 Å². The van der Waals surface area contributed by atoms with Gasteiger partial charge >= 0.3 is 0 Å². The fourth-order valence-corrected chi connectivity index (χ4v) is 2.51. The molecule has 0 spiro atoms. The minimum absolute atomic E-state index is 0.498. The summed E-state index contributed by atoms with van der Waals surface area (Å²) in [5.41, 5.74) is 2.21. The molecule has 0 bridgehead atoms. The van der Waals surface area contributed by atoms with Crippen molar-refractivity contribution in [2.24, 2.45) is 0 Å². The van der Waals surface area contributed by atoms with Crippen molar-refractivity contribution >= 4 is 11.3 Å². The molecule has 0 fully saturated rings. The summed E-state index contributed by atoms with van der Waals surface area (Å²) in [5.74, 6) is 0. The lowest BCUT2D eigenvalue weighted by Crippen LogP contribution is -2.21. The molecule has 2 aromatic rings. The van der Waals surface area contributed by atoms with Gasteiger partial charge < -0.3 is 5.32 Å². The van der Waals surface area contributed by atoms with E-state index in [0.717, 1.165) is 22.8 Å². The molecule has 17 heavy (non-hydrogen) atoms. The second kappa shape index (κ2) is 5.38. The molecule has 0 aromatic carbocycles. The van der Waals surface area contributed by atoms with Crippen LogP contribution in [0.4, 0.5) is 0 Å². The number of rotatable bonds is 4. The molecule has 0 radical (unpaired) electrons. The number of pyridine rings is 1. The van der Waals surface area contributed by atoms with Crippen LogP contribution in [0, 0.1) is 6.92 Å². The molecule has 0 unspecified atom stereocenters. The molecular weight excluding hydrogens is 230 g/mol. The normalized spacial score (nSPS) is 11.1. The van der Waals surface area contributed by atoms with Gasteiger partial charge in [-0.1, -0.05) is 13.8 Å². The molecule has 90 valence electrons. The molecule has 3 nitrogen and oxygen atoms in total. The number of hydrogen-bond acceptors (Lipinski definition) is 4. The maximum absolute atomic E-state index is 4.60. The summed E-state index contributed by atoms with van der Waals surface area (Å²) in [6, 6.07) is 4.49. The van der Waals surface area contributed by atoms with Gasteiger partial charge in [0.2, 0.25) is 0 Å². The van der Waals surface area contributed by atoms with E-state index in [1.807, 2.05) is 18.3 Å². The van der Waals surface area contributed by atoms with Crippen molar-refractivity contribution in [2.45, 2.75) is 33.4 Å². The van der Waals surface area contributed by atoms with Crippen LogP contribution in [0.1, 0.15) is 24.4 Å². The molecule has 2 heterocycles. The zero-order valence-corrected chi connectivity index (χ0v) is 11.2. The Balaban J connectivity index is 2.19. The van der Waals surface area contributed by atoms with Crippen LogP contribution in [0.5, 0.6) is 0 Å². The highest BCUT2D eigenvalue weighted by atomic mass is 32.1. The predicted octanol–water partition coefficient (Wildman–Crippen LogP) is 3.01. The van der Waals surface area contributed by atoms with Crippen LogP contribution in [-0.4, -0.2) is 16.0 Å². The van der Waals surface area contributed by atoms with Crippen LogP contribution in [0.15, 0.2) is 24.5 Å². The molecule has 0 saturated heterocycles. The lowest BCUT2D eigenvalue weighted by atomic mass is 10.3. The largest absolute Gasteiger partial charge is 0.310 e. The average Bonchev–Trinajstić information content (AvgIpc) is 2.69. The third kappa shape index (κ3) is 3.11. The number of nitrogens with one attached hydrogen (secondary N) is 1. The van der Waals surface area contributed by atoms with E-state index >= 15 is 0 Å². The maximum Gasteiger partial charge on any atom is 0.125 e.